The monoisotopic (exact) mass is 429 g/mol. The smallest absolute Gasteiger partial charge is 0.319 e. The molecule has 1 aliphatic rings. The van der Waals surface area contributed by atoms with E-state index in [1.165, 1.54) is 0 Å². The lowest BCUT2D eigenvalue weighted by Gasteiger charge is -2.27. The van der Waals surface area contributed by atoms with Gasteiger partial charge in [-0.3, -0.25) is 15.1 Å². The van der Waals surface area contributed by atoms with Crippen molar-refractivity contribution in [3.8, 4) is 0 Å². The third-order valence-corrected chi connectivity index (χ3v) is 5.82. The average molecular weight is 430 g/mol. The fraction of sp³-hybridized carbons (Fsp3) is 0.625. The minimum absolute atomic E-state index is 0.0649. The molecule has 3 amide bonds. The Morgan fingerprint density at radius 2 is 1.81 bits per heavy atom. The zero-order valence-electron chi connectivity index (χ0n) is 19.4. The number of unbranched alkanes of at least 4 members (excludes halogenated alkanes) is 4. The van der Waals surface area contributed by atoms with Crippen LogP contribution in [-0.2, 0) is 4.79 Å². The molecular weight excluding hydrogens is 390 g/mol. The van der Waals surface area contributed by atoms with Crippen LogP contribution in [0.1, 0.15) is 77.2 Å². The highest BCUT2D eigenvalue weighted by Crippen LogP contribution is 2.29. The molecule has 2 rings (SSSR count). The molecule has 0 saturated carbocycles. The molecule has 7 nitrogen and oxygen atoms in total. The Bertz CT molecular complexity index is 741. The van der Waals surface area contributed by atoms with Crippen molar-refractivity contribution in [3.63, 3.8) is 0 Å². The second-order valence-corrected chi connectivity index (χ2v) is 8.53. The van der Waals surface area contributed by atoms with Gasteiger partial charge < -0.3 is 16.0 Å². The molecule has 1 aliphatic heterocycles. The fourth-order valence-electron chi connectivity index (χ4n) is 4.01. The van der Waals surface area contributed by atoms with Crippen LogP contribution in [-0.4, -0.2) is 41.4 Å². The number of guanidine groups is 1. The van der Waals surface area contributed by atoms with Crippen molar-refractivity contribution in [1.82, 2.24) is 15.5 Å². The number of carbonyl (C=O) groups excluding carboxylic acids is 2. The number of nitrogens with zero attached hydrogens (tertiary/aromatic N) is 1. The molecule has 1 fully saturated rings. The Labute approximate surface area is 186 Å². The van der Waals surface area contributed by atoms with E-state index in [-0.39, 0.29) is 17.9 Å². The van der Waals surface area contributed by atoms with E-state index in [2.05, 4.69) is 29.8 Å². The Morgan fingerprint density at radius 1 is 1.10 bits per heavy atom. The summed E-state index contributed by atoms with van der Waals surface area (Å²) >= 11 is 0. The maximum atomic E-state index is 13.1. The molecule has 0 radical (unpaired) electrons. The van der Waals surface area contributed by atoms with Crippen LogP contribution in [0.3, 0.4) is 0 Å². The van der Waals surface area contributed by atoms with Crippen molar-refractivity contribution < 1.29 is 9.59 Å². The van der Waals surface area contributed by atoms with E-state index < -0.39 is 5.54 Å². The van der Waals surface area contributed by atoms with Gasteiger partial charge in [-0.05, 0) is 56.7 Å². The maximum Gasteiger partial charge on any atom is 0.319 e. The first-order valence-corrected chi connectivity index (χ1v) is 11.7. The standard InChI is InChI=1S/C24H39N5O2/c1-4-6-14-24(15-7-5-2)21(30)29(22(25)28-24)17-10-8-9-16-26-23(31)27-20-13-11-12-19(3)18-20/h11-13,18H,4-10,14-17H2,1-3H3,(H2,25,28)(H2,26,27,31). The van der Waals surface area contributed by atoms with Crippen LogP contribution in [0.2, 0.25) is 0 Å². The highest BCUT2D eigenvalue weighted by molar-refractivity contribution is 6.07. The van der Waals surface area contributed by atoms with Gasteiger partial charge in [-0.2, -0.15) is 0 Å². The minimum atomic E-state index is -0.585. The Balaban J connectivity index is 1.70. The van der Waals surface area contributed by atoms with Crippen LogP contribution in [0, 0.1) is 12.3 Å². The average Bonchev–Trinajstić information content (AvgIpc) is 2.97. The number of hydrogen-bond acceptors (Lipinski definition) is 3. The normalized spacial score (nSPS) is 15.1. The first-order valence-electron chi connectivity index (χ1n) is 11.7. The lowest BCUT2D eigenvalue weighted by molar-refractivity contribution is -0.131. The van der Waals surface area contributed by atoms with Gasteiger partial charge >= 0.3 is 6.03 Å². The van der Waals surface area contributed by atoms with Gasteiger partial charge in [-0.15, -0.1) is 0 Å². The molecule has 7 heteroatoms. The summed E-state index contributed by atoms with van der Waals surface area (Å²) in [5, 5.41) is 17.2. The van der Waals surface area contributed by atoms with Crippen LogP contribution < -0.4 is 16.0 Å². The first kappa shape index (κ1) is 24.7. The molecule has 0 aromatic heterocycles. The van der Waals surface area contributed by atoms with E-state index in [0.29, 0.717) is 13.1 Å². The lowest BCUT2D eigenvalue weighted by atomic mass is 9.87. The zero-order chi connectivity index (χ0) is 22.7. The molecular formula is C24H39N5O2. The summed E-state index contributed by atoms with van der Waals surface area (Å²) in [7, 11) is 0. The summed E-state index contributed by atoms with van der Waals surface area (Å²) in [6.07, 6.45) is 8.18. The number of anilines is 1. The van der Waals surface area contributed by atoms with E-state index in [4.69, 9.17) is 5.41 Å². The first-order chi connectivity index (χ1) is 14.9. The molecule has 0 atom stereocenters. The number of rotatable bonds is 13. The van der Waals surface area contributed by atoms with Gasteiger partial charge in [0.15, 0.2) is 5.96 Å². The predicted molar refractivity (Wildman–Crippen MR) is 126 cm³/mol. The topological polar surface area (TPSA) is 97.3 Å². The van der Waals surface area contributed by atoms with Gasteiger partial charge in [0.05, 0.1) is 0 Å². The summed E-state index contributed by atoms with van der Waals surface area (Å²) < 4.78 is 0. The highest BCUT2D eigenvalue weighted by atomic mass is 16.2. The summed E-state index contributed by atoms with van der Waals surface area (Å²) in [5.74, 6) is 0.308. The number of nitrogens with one attached hydrogen (secondary N) is 4. The molecule has 172 valence electrons. The number of hydrogen-bond donors (Lipinski definition) is 4. The number of carbonyl (C=O) groups is 2. The molecule has 0 spiro atoms. The van der Waals surface area contributed by atoms with Gasteiger partial charge in [0.25, 0.3) is 5.91 Å². The predicted octanol–water partition coefficient (Wildman–Crippen LogP) is 4.77. The van der Waals surface area contributed by atoms with E-state index in [9.17, 15) is 9.59 Å². The maximum absolute atomic E-state index is 13.1. The van der Waals surface area contributed by atoms with E-state index in [0.717, 1.165) is 69.0 Å². The summed E-state index contributed by atoms with van der Waals surface area (Å²) in [5.41, 5.74) is 1.30. The third kappa shape index (κ3) is 7.26. The molecule has 0 unspecified atom stereocenters. The molecule has 1 saturated heterocycles. The van der Waals surface area contributed by atoms with Crippen molar-refractivity contribution >= 4 is 23.6 Å². The molecule has 1 aromatic carbocycles. The number of urea groups is 1. The quantitative estimate of drug-likeness (QED) is 0.340. The van der Waals surface area contributed by atoms with Crippen LogP contribution >= 0.6 is 0 Å². The van der Waals surface area contributed by atoms with Crippen molar-refractivity contribution in [2.24, 2.45) is 0 Å². The van der Waals surface area contributed by atoms with Crippen molar-refractivity contribution in [3.05, 3.63) is 29.8 Å². The highest BCUT2D eigenvalue weighted by Gasteiger charge is 2.47. The summed E-state index contributed by atoms with van der Waals surface area (Å²) in [6, 6.07) is 7.49. The lowest BCUT2D eigenvalue weighted by Crippen LogP contribution is -2.47. The van der Waals surface area contributed by atoms with Gasteiger partial charge in [0.2, 0.25) is 0 Å². The van der Waals surface area contributed by atoms with Crippen molar-refractivity contribution in [2.75, 3.05) is 18.4 Å². The van der Waals surface area contributed by atoms with Crippen LogP contribution in [0.5, 0.6) is 0 Å². The molecule has 0 aliphatic carbocycles. The molecule has 0 bridgehead atoms. The molecule has 4 N–H and O–H groups in total. The second kappa shape index (κ2) is 12.3. The zero-order valence-corrected chi connectivity index (χ0v) is 19.4. The van der Waals surface area contributed by atoms with Gasteiger partial charge in [-0.1, -0.05) is 51.7 Å². The Hall–Kier alpha value is -2.57. The van der Waals surface area contributed by atoms with Crippen molar-refractivity contribution in [2.45, 2.75) is 84.1 Å². The Kier molecular flexibility index (Phi) is 9.82. The summed E-state index contributed by atoms with van der Waals surface area (Å²) in [4.78, 5) is 26.7. The number of aryl methyl sites for hydroxylation is 1. The van der Waals surface area contributed by atoms with Crippen LogP contribution in [0.25, 0.3) is 0 Å². The summed E-state index contributed by atoms with van der Waals surface area (Å²) in [6.45, 7) is 7.38. The van der Waals surface area contributed by atoms with Gasteiger partial charge in [-0.25, -0.2) is 4.79 Å². The van der Waals surface area contributed by atoms with E-state index in [1.54, 1.807) is 4.90 Å². The van der Waals surface area contributed by atoms with Gasteiger partial charge in [0, 0.05) is 18.8 Å². The second-order valence-electron chi connectivity index (χ2n) is 8.53. The molecule has 31 heavy (non-hydrogen) atoms. The number of amides is 3. The Morgan fingerprint density at radius 3 is 2.45 bits per heavy atom. The third-order valence-electron chi connectivity index (χ3n) is 5.82. The van der Waals surface area contributed by atoms with Crippen LogP contribution in [0.15, 0.2) is 24.3 Å². The van der Waals surface area contributed by atoms with E-state index in [1.807, 2.05) is 31.2 Å². The minimum Gasteiger partial charge on any atom is -0.342 e. The van der Waals surface area contributed by atoms with E-state index >= 15 is 0 Å². The largest absolute Gasteiger partial charge is 0.342 e. The number of benzene rings is 1. The van der Waals surface area contributed by atoms with Gasteiger partial charge in [0.1, 0.15) is 5.54 Å². The molecule has 1 aromatic rings. The fourth-order valence-corrected chi connectivity index (χ4v) is 4.01. The van der Waals surface area contributed by atoms with Crippen molar-refractivity contribution in [1.29, 1.82) is 5.41 Å². The SMILES string of the molecule is CCCCC1(CCCC)NC(=N)N(CCCCCNC(=O)Nc2cccc(C)c2)C1=O. The van der Waals surface area contributed by atoms with Crippen LogP contribution in [0.4, 0.5) is 10.5 Å². The molecule has 1 heterocycles.